The number of nitrogens with two attached hydrogens (primary N) is 1. The predicted octanol–water partition coefficient (Wildman–Crippen LogP) is 0.0867. The van der Waals surface area contributed by atoms with E-state index >= 15 is 0 Å². The van der Waals surface area contributed by atoms with E-state index in [4.69, 9.17) is 5.73 Å². The molecule has 0 saturated heterocycles. The van der Waals surface area contributed by atoms with Crippen LogP contribution in [0.1, 0.15) is 13.3 Å². The summed E-state index contributed by atoms with van der Waals surface area (Å²) in [5.74, 6) is 0.320. The van der Waals surface area contributed by atoms with E-state index in [0.717, 1.165) is 0 Å². The lowest BCUT2D eigenvalue weighted by Crippen LogP contribution is -2.33. The van der Waals surface area contributed by atoms with Crippen LogP contribution in [0, 0.1) is 0 Å². The molecule has 1 amide bonds. The summed E-state index contributed by atoms with van der Waals surface area (Å²) < 4.78 is 4.51. The fourth-order valence-corrected chi connectivity index (χ4v) is 2.17. The zero-order valence-electron chi connectivity index (χ0n) is 10.2. The maximum Gasteiger partial charge on any atom is 0.322 e. The molecule has 6 heteroatoms. The second-order valence-electron chi connectivity index (χ2n) is 3.66. The van der Waals surface area contributed by atoms with Crippen LogP contribution in [0.5, 0.6) is 0 Å². The molecule has 2 N–H and O–H groups in total. The van der Waals surface area contributed by atoms with Crippen LogP contribution in [-0.4, -0.2) is 55.0 Å². The van der Waals surface area contributed by atoms with E-state index in [1.165, 1.54) is 18.9 Å². The molecule has 2 atom stereocenters. The second kappa shape index (κ2) is 7.51. The first-order valence-corrected chi connectivity index (χ1v) is 6.11. The Kier molecular flexibility index (Phi) is 7.16. The van der Waals surface area contributed by atoms with Gasteiger partial charge in [0.05, 0.1) is 12.4 Å². The number of thioether (sulfide) groups is 1. The van der Waals surface area contributed by atoms with Crippen molar-refractivity contribution < 1.29 is 14.3 Å². The van der Waals surface area contributed by atoms with Crippen LogP contribution >= 0.6 is 11.8 Å². The number of methoxy groups -OCH3 is 1. The standard InChI is InChI=1S/C10H20N2O3S/c1-7(9(13)12(2)3)16-6-5-8(11)10(14)15-4/h7-8H,5-6,11H2,1-4H3. The molecule has 16 heavy (non-hydrogen) atoms. The number of hydrogen-bond donors (Lipinski definition) is 1. The van der Waals surface area contributed by atoms with Crippen LogP contribution in [0.2, 0.25) is 0 Å². The molecule has 2 unspecified atom stereocenters. The van der Waals surface area contributed by atoms with Crippen LogP contribution in [0.4, 0.5) is 0 Å². The molecule has 0 fully saturated rings. The fraction of sp³-hybridized carbons (Fsp3) is 0.800. The minimum atomic E-state index is -0.598. The monoisotopic (exact) mass is 248 g/mol. The number of hydrogen-bond acceptors (Lipinski definition) is 5. The smallest absolute Gasteiger partial charge is 0.322 e. The van der Waals surface area contributed by atoms with E-state index in [-0.39, 0.29) is 11.2 Å². The molecule has 0 spiro atoms. The van der Waals surface area contributed by atoms with Crippen molar-refractivity contribution in [2.45, 2.75) is 24.6 Å². The number of carbonyl (C=O) groups excluding carboxylic acids is 2. The highest BCUT2D eigenvalue weighted by atomic mass is 32.2. The minimum Gasteiger partial charge on any atom is -0.468 e. The van der Waals surface area contributed by atoms with E-state index in [1.54, 1.807) is 19.0 Å². The molecular weight excluding hydrogens is 228 g/mol. The van der Waals surface area contributed by atoms with Gasteiger partial charge in [-0.05, 0) is 19.1 Å². The molecule has 0 rings (SSSR count). The molecule has 0 aromatic heterocycles. The van der Waals surface area contributed by atoms with E-state index in [2.05, 4.69) is 4.74 Å². The molecule has 0 aliphatic rings. The van der Waals surface area contributed by atoms with E-state index in [1.807, 2.05) is 6.92 Å². The number of carbonyl (C=O) groups is 2. The van der Waals surface area contributed by atoms with Crippen molar-refractivity contribution in [2.24, 2.45) is 5.73 Å². The third kappa shape index (κ3) is 5.37. The van der Waals surface area contributed by atoms with Crippen LogP contribution in [-0.2, 0) is 14.3 Å². The number of rotatable bonds is 6. The molecule has 0 heterocycles. The zero-order valence-corrected chi connectivity index (χ0v) is 11.0. The van der Waals surface area contributed by atoms with E-state index in [0.29, 0.717) is 12.2 Å². The lowest BCUT2D eigenvalue weighted by Gasteiger charge is -2.16. The largest absolute Gasteiger partial charge is 0.468 e. The quantitative estimate of drug-likeness (QED) is 0.674. The van der Waals surface area contributed by atoms with Gasteiger partial charge in [-0.3, -0.25) is 9.59 Å². The first-order chi connectivity index (χ1) is 7.40. The summed E-state index contributed by atoms with van der Waals surface area (Å²) in [6.07, 6.45) is 0.516. The highest BCUT2D eigenvalue weighted by Gasteiger charge is 2.17. The van der Waals surface area contributed by atoms with Crippen LogP contribution < -0.4 is 5.73 Å². The van der Waals surface area contributed by atoms with Gasteiger partial charge in [-0.15, -0.1) is 11.8 Å². The Bertz CT molecular complexity index is 246. The lowest BCUT2D eigenvalue weighted by atomic mass is 10.2. The maximum absolute atomic E-state index is 11.5. The van der Waals surface area contributed by atoms with E-state index < -0.39 is 12.0 Å². The van der Waals surface area contributed by atoms with Gasteiger partial charge in [0.25, 0.3) is 0 Å². The molecule has 0 aliphatic carbocycles. The average Bonchev–Trinajstić information content (AvgIpc) is 2.26. The van der Waals surface area contributed by atoms with Crippen molar-refractivity contribution in [1.29, 1.82) is 0 Å². The Morgan fingerprint density at radius 3 is 2.44 bits per heavy atom. The highest BCUT2D eigenvalue weighted by Crippen LogP contribution is 2.14. The maximum atomic E-state index is 11.5. The first-order valence-electron chi connectivity index (χ1n) is 5.06. The molecule has 0 aliphatic heterocycles. The summed E-state index contributed by atoms with van der Waals surface area (Å²) in [5, 5.41) is -0.111. The van der Waals surface area contributed by atoms with E-state index in [9.17, 15) is 9.59 Å². The fourth-order valence-electron chi connectivity index (χ4n) is 1.08. The second-order valence-corrected chi connectivity index (χ2v) is 5.11. The van der Waals surface area contributed by atoms with Crippen LogP contribution in [0.25, 0.3) is 0 Å². The number of esters is 1. The van der Waals surface area contributed by atoms with Gasteiger partial charge < -0.3 is 15.4 Å². The van der Waals surface area contributed by atoms with Crippen molar-refractivity contribution in [3.63, 3.8) is 0 Å². The topological polar surface area (TPSA) is 72.6 Å². The summed E-state index contributed by atoms with van der Waals surface area (Å²) >= 11 is 1.49. The molecule has 0 aromatic rings. The lowest BCUT2D eigenvalue weighted by molar-refractivity contribution is -0.142. The number of ether oxygens (including phenoxy) is 1. The Labute approximate surface area is 101 Å². The van der Waals surface area contributed by atoms with Crippen molar-refractivity contribution in [3.05, 3.63) is 0 Å². The third-order valence-electron chi connectivity index (χ3n) is 2.09. The van der Waals surface area contributed by atoms with Crippen LogP contribution in [0.3, 0.4) is 0 Å². The summed E-state index contributed by atoms with van der Waals surface area (Å²) in [7, 11) is 4.76. The Morgan fingerprint density at radius 1 is 1.44 bits per heavy atom. The van der Waals surface area contributed by atoms with Gasteiger partial charge in [0, 0.05) is 14.1 Å². The van der Waals surface area contributed by atoms with Gasteiger partial charge >= 0.3 is 5.97 Å². The van der Waals surface area contributed by atoms with Gasteiger partial charge in [0.15, 0.2) is 0 Å². The van der Waals surface area contributed by atoms with Crippen molar-refractivity contribution >= 4 is 23.6 Å². The molecular formula is C10H20N2O3S. The predicted molar refractivity (Wildman–Crippen MR) is 65.2 cm³/mol. The molecule has 5 nitrogen and oxygen atoms in total. The van der Waals surface area contributed by atoms with Gasteiger partial charge in [-0.1, -0.05) is 0 Å². The van der Waals surface area contributed by atoms with Crippen molar-refractivity contribution in [2.75, 3.05) is 27.0 Å². The van der Waals surface area contributed by atoms with Gasteiger partial charge in [-0.2, -0.15) is 0 Å². The van der Waals surface area contributed by atoms with Gasteiger partial charge in [0.2, 0.25) is 5.91 Å². The molecule has 0 radical (unpaired) electrons. The number of nitrogens with zero attached hydrogens (tertiary/aromatic N) is 1. The molecule has 0 saturated carbocycles. The summed E-state index contributed by atoms with van der Waals surface area (Å²) in [5.41, 5.74) is 5.57. The summed E-state index contributed by atoms with van der Waals surface area (Å²) in [6.45, 7) is 1.84. The van der Waals surface area contributed by atoms with Crippen molar-refractivity contribution in [1.82, 2.24) is 4.90 Å². The Morgan fingerprint density at radius 2 is 2.00 bits per heavy atom. The summed E-state index contributed by atoms with van der Waals surface area (Å²) in [4.78, 5) is 24.0. The van der Waals surface area contributed by atoms with Crippen LogP contribution in [0.15, 0.2) is 0 Å². The summed E-state index contributed by atoms with van der Waals surface area (Å²) in [6, 6.07) is -0.598. The highest BCUT2D eigenvalue weighted by molar-refractivity contribution is 8.00. The molecule has 0 bridgehead atoms. The molecule has 0 aromatic carbocycles. The Hall–Kier alpha value is -0.750. The SMILES string of the molecule is COC(=O)C(N)CCSC(C)C(=O)N(C)C. The van der Waals surface area contributed by atoms with Gasteiger partial charge in [-0.25, -0.2) is 0 Å². The van der Waals surface area contributed by atoms with Crippen molar-refractivity contribution in [3.8, 4) is 0 Å². The minimum absolute atomic E-state index is 0.0663. The average molecular weight is 248 g/mol. The zero-order chi connectivity index (χ0) is 12.7. The molecule has 94 valence electrons. The Balaban J connectivity index is 3.82. The normalized spacial score (nSPS) is 14.1. The van der Waals surface area contributed by atoms with Gasteiger partial charge in [0.1, 0.15) is 6.04 Å². The third-order valence-corrected chi connectivity index (χ3v) is 3.26. The first kappa shape index (κ1) is 15.2. The number of amides is 1.